The van der Waals surface area contributed by atoms with Gasteiger partial charge in [-0.25, -0.2) is 9.97 Å². The predicted octanol–water partition coefficient (Wildman–Crippen LogP) is 3.66. The highest BCUT2D eigenvalue weighted by atomic mass is 32.1. The molecule has 0 aliphatic heterocycles. The van der Waals surface area contributed by atoms with Crippen molar-refractivity contribution in [3.8, 4) is 10.7 Å². The average Bonchev–Trinajstić information content (AvgIpc) is 3.23. The van der Waals surface area contributed by atoms with E-state index >= 15 is 0 Å². The van der Waals surface area contributed by atoms with Crippen molar-refractivity contribution in [1.82, 2.24) is 9.97 Å². The van der Waals surface area contributed by atoms with Crippen LogP contribution in [0.1, 0.15) is 11.6 Å². The summed E-state index contributed by atoms with van der Waals surface area (Å²) < 4.78 is 0. The van der Waals surface area contributed by atoms with Crippen molar-refractivity contribution < 1.29 is 4.90 Å². The molecule has 0 amide bonds. The first-order chi connectivity index (χ1) is 13.2. The summed E-state index contributed by atoms with van der Waals surface area (Å²) in [5.41, 5.74) is 2.29. The third kappa shape index (κ3) is 3.84. The summed E-state index contributed by atoms with van der Waals surface area (Å²) in [5, 5.41) is 6.71. The first-order valence-electron chi connectivity index (χ1n) is 9.12. The zero-order valence-corrected chi connectivity index (χ0v) is 16.3. The van der Waals surface area contributed by atoms with Gasteiger partial charge in [-0.05, 0) is 23.6 Å². The molecule has 2 N–H and O–H groups in total. The van der Waals surface area contributed by atoms with Crippen LogP contribution in [0.25, 0.3) is 21.6 Å². The van der Waals surface area contributed by atoms with Crippen LogP contribution in [-0.4, -0.2) is 30.6 Å². The van der Waals surface area contributed by atoms with Crippen LogP contribution in [0.2, 0.25) is 0 Å². The second-order valence-electron chi connectivity index (χ2n) is 6.81. The van der Waals surface area contributed by atoms with Crippen LogP contribution in [0.4, 0.5) is 5.82 Å². The molecule has 4 aromatic rings. The fraction of sp³-hybridized carbons (Fsp3) is 0.182. The van der Waals surface area contributed by atoms with Crippen molar-refractivity contribution in [2.24, 2.45) is 0 Å². The second-order valence-corrected chi connectivity index (χ2v) is 7.76. The maximum atomic E-state index is 4.85. The van der Waals surface area contributed by atoms with Gasteiger partial charge < -0.3 is 10.2 Å². The Morgan fingerprint density at radius 1 is 0.926 bits per heavy atom. The summed E-state index contributed by atoms with van der Waals surface area (Å²) in [6.07, 6.45) is 0. The van der Waals surface area contributed by atoms with Gasteiger partial charge in [0.1, 0.15) is 11.9 Å². The predicted molar refractivity (Wildman–Crippen MR) is 113 cm³/mol. The molecule has 0 spiro atoms. The number of hydrogen-bond acceptors (Lipinski definition) is 4. The first-order valence-corrected chi connectivity index (χ1v) is 10.00. The van der Waals surface area contributed by atoms with E-state index in [2.05, 4.69) is 67.3 Å². The molecule has 1 atom stereocenters. The van der Waals surface area contributed by atoms with Crippen molar-refractivity contribution in [2.45, 2.75) is 6.04 Å². The Morgan fingerprint density at radius 3 is 2.44 bits per heavy atom. The van der Waals surface area contributed by atoms with Crippen molar-refractivity contribution in [3.05, 3.63) is 77.7 Å². The SMILES string of the molecule is C[NH+](C)[C@@H](CNc1nc(-c2cccs2)nc2ccccc12)c1ccccc1. The number of fused-ring (bicyclic) bond motifs is 1. The second kappa shape index (κ2) is 7.86. The molecule has 27 heavy (non-hydrogen) atoms. The van der Waals surface area contributed by atoms with E-state index in [0.717, 1.165) is 34.0 Å². The Balaban J connectivity index is 1.68. The highest BCUT2D eigenvalue weighted by Crippen LogP contribution is 2.27. The lowest BCUT2D eigenvalue weighted by atomic mass is 10.1. The Kier molecular flexibility index (Phi) is 5.14. The van der Waals surface area contributed by atoms with Gasteiger partial charge in [0.25, 0.3) is 0 Å². The van der Waals surface area contributed by atoms with E-state index in [1.807, 2.05) is 24.3 Å². The van der Waals surface area contributed by atoms with E-state index in [1.54, 1.807) is 11.3 Å². The minimum Gasteiger partial charge on any atom is -0.363 e. The molecule has 2 heterocycles. The lowest BCUT2D eigenvalue weighted by Crippen LogP contribution is -3.06. The third-order valence-electron chi connectivity index (χ3n) is 4.72. The largest absolute Gasteiger partial charge is 0.363 e. The molecule has 5 heteroatoms. The Labute approximate surface area is 163 Å². The number of aromatic nitrogens is 2. The summed E-state index contributed by atoms with van der Waals surface area (Å²) in [6, 6.07) is 23.3. The van der Waals surface area contributed by atoms with Crippen molar-refractivity contribution in [1.29, 1.82) is 0 Å². The molecule has 0 saturated heterocycles. The first kappa shape index (κ1) is 17.6. The van der Waals surface area contributed by atoms with Crippen LogP contribution >= 0.6 is 11.3 Å². The molecule has 136 valence electrons. The molecule has 0 saturated carbocycles. The van der Waals surface area contributed by atoms with Gasteiger partial charge in [0.2, 0.25) is 0 Å². The van der Waals surface area contributed by atoms with Gasteiger partial charge in [-0.3, -0.25) is 0 Å². The van der Waals surface area contributed by atoms with Crippen LogP contribution in [0.3, 0.4) is 0 Å². The van der Waals surface area contributed by atoms with Crippen LogP contribution in [-0.2, 0) is 0 Å². The summed E-state index contributed by atoms with van der Waals surface area (Å²) in [5.74, 6) is 1.67. The maximum absolute atomic E-state index is 4.85. The highest BCUT2D eigenvalue weighted by Gasteiger charge is 2.18. The number of thiophene rings is 1. The van der Waals surface area contributed by atoms with E-state index in [0.29, 0.717) is 6.04 Å². The van der Waals surface area contributed by atoms with Gasteiger partial charge in [0.15, 0.2) is 5.82 Å². The Bertz CT molecular complexity index is 1010. The van der Waals surface area contributed by atoms with Crippen LogP contribution < -0.4 is 10.2 Å². The number of hydrogen-bond donors (Lipinski definition) is 2. The summed E-state index contributed by atoms with van der Waals surface area (Å²) in [6.45, 7) is 0.803. The van der Waals surface area contributed by atoms with E-state index in [-0.39, 0.29) is 0 Å². The topological polar surface area (TPSA) is 42.2 Å². The number of anilines is 1. The van der Waals surface area contributed by atoms with Gasteiger partial charge in [0.05, 0.1) is 31.0 Å². The summed E-state index contributed by atoms with van der Waals surface area (Å²) in [7, 11) is 4.38. The van der Waals surface area contributed by atoms with Crippen LogP contribution in [0.15, 0.2) is 72.1 Å². The molecule has 2 aromatic heterocycles. The smallest absolute Gasteiger partial charge is 0.172 e. The van der Waals surface area contributed by atoms with E-state index < -0.39 is 0 Å². The zero-order chi connectivity index (χ0) is 18.6. The Hall–Kier alpha value is -2.76. The molecule has 4 nitrogen and oxygen atoms in total. The number of rotatable bonds is 6. The number of likely N-dealkylation sites (N-methyl/N-ethyl adjacent to an activating group) is 1. The maximum Gasteiger partial charge on any atom is 0.172 e. The third-order valence-corrected chi connectivity index (χ3v) is 5.58. The molecule has 0 bridgehead atoms. The summed E-state index contributed by atoms with van der Waals surface area (Å²) in [4.78, 5) is 12.1. The molecule has 0 fully saturated rings. The molecule has 2 aromatic carbocycles. The standard InChI is InChI=1S/C22H22N4S/c1-26(2)19(16-9-4-3-5-10-16)15-23-21-17-11-6-7-12-18(17)24-22(25-21)20-13-8-14-27-20/h3-14,19H,15H2,1-2H3,(H,23,24,25)/p+1/t19-/m0/s1. The number of nitrogens with zero attached hydrogens (tertiary/aromatic N) is 2. The van der Waals surface area contributed by atoms with Crippen LogP contribution in [0, 0.1) is 0 Å². The fourth-order valence-electron chi connectivity index (χ4n) is 3.27. The molecule has 0 unspecified atom stereocenters. The molecule has 0 aliphatic rings. The number of para-hydroxylation sites is 1. The number of nitrogens with one attached hydrogen (secondary N) is 2. The Morgan fingerprint density at radius 2 is 1.70 bits per heavy atom. The average molecular weight is 376 g/mol. The van der Waals surface area contributed by atoms with Crippen LogP contribution in [0.5, 0.6) is 0 Å². The minimum absolute atomic E-state index is 0.338. The molecular weight excluding hydrogens is 352 g/mol. The van der Waals surface area contributed by atoms with Gasteiger partial charge in [0, 0.05) is 10.9 Å². The van der Waals surface area contributed by atoms with Crippen molar-refractivity contribution in [2.75, 3.05) is 26.0 Å². The monoisotopic (exact) mass is 375 g/mol. The van der Waals surface area contributed by atoms with Gasteiger partial charge in [-0.2, -0.15) is 0 Å². The number of quaternary nitrogens is 1. The molecular formula is C22H23N4S+. The molecule has 4 rings (SSSR count). The highest BCUT2D eigenvalue weighted by molar-refractivity contribution is 7.13. The quantitative estimate of drug-likeness (QED) is 0.540. The van der Waals surface area contributed by atoms with Crippen molar-refractivity contribution >= 4 is 28.1 Å². The lowest BCUT2D eigenvalue weighted by molar-refractivity contribution is -0.890. The zero-order valence-electron chi connectivity index (χ0n) is 15.5. The van der Waals surface area contributed by atoms with Gasteiger partial charge >= 0.3 is 0 Å². The molecule has 0 radical (unpaired) electrons. The minimum atomic E-state index is 0.338. The van der Waals surface area contributed by atoms with E-state index in [4.69, 9.17) is 9.97 Å². The van der Waals surface area contributed by atoms with E-state index in [9.17, 15) is 0 Å². The van der Waals surface area contributed by atoms with Gasteiger partial charge in [-0.1, -0.05) is 48.5 Å². The lowest BCUT2D eigenvalue weighted by Gasteiger charge is -2.23. The van der Waals surface area contributed by atoms with Crippen molar-refractivity contribution in [3.63, 3.8) is 0 Å². The van der Waals surface area contributed by atoms with E-state index in [1.165, 1.54) is 10.5 Å². The number of benzene rings is 2. The normalized spacial score (nSPS) is 12.4. The van der Waals surface area contributed by atoms with Gasteiger partial charge in [-0.15, -0.1) is 11.3 Å². The fourth-order valence-corrected chi connectivity index (χ4v) is 3.92. The summed E-state index contributed by atoms with van der Waals surface area (Å²) >= 11 is 1.66. The molecule has 0 aliphatic carbocycles.